The molecule has 0 aliphatic carbocycles. The zero-order valence-electron chi connectivity index (χ0n) is 16.2. The lowest BCUT2D eigenvalue weighted by molar-refractivity contribution is -0.158. The fraction of sp³-hybridized carbons (Fsp3) is 0.550. The van der Waals surface area contributed by atoms with E-state index in [1.54, 1.807) is 7.11 Å². The third-order valence-corrected chi connectivity index (χ3v) is 5.61. The number of barbiturate groups is 1. The molecule has 3 rings (SSSR count). The highest BCUT2D eigenvalue weighted by Crippen LogP contribution is 2.34. The quantitative estimate of drug-likeness (QED) is 0.736. The third kappa shape index (κ3) is 3.56. The molecule has 2 fully saturated rings. The van der Waals surface area contributed by atoms with Crippen LogP contribution < -0.4 is 4.74 Å². The topological polar surface area (TPSA) is 70.2 Å². The molecule has 7 heteroatoms. The van der Waals surface area contributed by atoms with Crippen molar-refractivity contribution in [2.75, 3.05) is 40.8 Å². The number of rotatable bonds is 5. The maximum atomic E-state index is 13.2. The van der Waals surface area contributed by atoms with Crippen LogP contribution in [0.5, 0.6) is 5.75 Å². The van der Waals surface area contributed by atoms with Gasteiger partial charge in [-0.1, -0.05) is 18.6 Å². The van der Waals surface area contributed by atoms with E-state index in [1.165, 1.54) is 20.5 Å². The van der Waals surface area contributed by atoms with Crippen molar-refractivity contribution in [2.24, 2.45) is 5.41 Å². The van der Waals surface area contributed by atoms with Gasteiger partial charge in [-0.3, -0.25) is 19.4 Å². The smallest absolute Gasteiger partial charge is 0.332 e. The second kappa shape index (κ2) is 7.68. The molecule has 0 N–H and O–H groups in total. The predicted molar refractivity (Wildman–Crippen MR) is 100 cm³/mol. The van der Waals surface area contributed by atoms with Crippen LogP contribution in [0.3, 0.4) is 0 Å². The molecular formula is C20H27N3O4. The van der Waals surface area contributed by atoms with Crippen LogP contribution in [0.4, 0.5) is 4.79 Å². The SMILES string of the molecule is COc1ccc(CC2(CN3CCCCC3)C(=O)N(C)C(=O)N(C)C2=O)cc1. The molecule has 2 aliphatic heterocycles. The highest BCUT2D eigenvalue weighted by atomic mass is 16.5. The summed E-state index contributed by atoms with van der Waals surface area (Å²) in [6, 6.07) is 6.80. The van der Waals surface area contributed by atoms with Gasteiger partial charge < -0.3 is 9.64 Å². The minimum atomic E-state index is -1.29. The Bertz CT molecular complexity index is 701. The van der Waals surface area contributed by atoms with Crippen molar-refractivity contribution >= 4 is 17.8 Å². The highest BCUT2D eigenvalue weighted by molar-refractivity contribution is 6.19. The summed E-state index contributed by atoms with van der Waals surface area (Å²) in [5, 5.41) is 0. The second-order valence-corrected chi connectivity index (χ2v) is 7.45. The van der Waals surface area contributed by atoms with Gasteiger partial charge in [0.1, 0.15) is 11.2 Å². The summed E-state index contributed by atoms with van der Waals surface area (Å²) in [7, 11) is 4.50. The summed E-state index contributed by atoms with van der Waals surface area (Å²) < 4.78 is 5.19. The first-order valence-electron chi connectivity index (χ1n) is 9.34. The van der Waals surface area contributed by atoms with E-state index in [2.05, 4.69) is 4.90 Å². The number of piperidine rings is 1. The lowest BCUT2D eigenvalue weighted by Crippen LogP contribution is -2.66. The van der Waals surface area contributed by atoms with Gasteiger partial charge in [0.2, 0.25) is 11.8 Å². The summed E-state index contributed by atoms with van der Waals surface area (Å²) in [5.74, 6) is -0.122. The van der Waals surface area contributed by atoms with Crippen molar-refractivity contribution < 1.29 is 19.1 Å². The molecule has 4 amide bonds. The first kappa shape index (κ1) is 19.4. The molecule has 0 saturated carbocycles. The molecule has 1 aromatic rings. The van der Waals surface area contributed by atoms with Gasteiger partial charge >= 0.3 is 6.03 Å². The number of hydrogen-bond acceptors (Lipinski definition) is 5. The van der Waals surface area contributed by atoms with Crippen LogP contribution in [-0.2, 0) is 16.0 Å². The van der Waals surface area contributed by atoms with Crippen molar-refractivity contribution in [1.29, 1.82) is 0 Å². The molecule has 146 valence electrons. The molecule has 0 unspecified atom stereocenters. The van der Waals surface area contributed by atoms with Crippen LogP contribution in [0.15, 0.2) is 24.3 Å². The van der Waals surface area contributed by atoms with Crippen LogP contribution in [-0.4, -0.2) is 73.4 Å². The summed E-state index contributed by atoms with van der Waals surface area (Å²) in [4.78, 5) is 43.0. The largest absolute Gasteiger partial charge is 0.497 e. The fourth-order valence-corrected chi connectivity index (χ4v) is 4.07. The monoisotopic (exact) mass is 373 g/mol. The number of methoxy groups -OCH3 is 1. The third-order valence-electron chi connectivity index (χ3n) is 5.61. The number of hydrogen-bond donors (Lipinski definition) is 0. The molecular weight excluding hydrogens is 346 g/mol. The fourth-order valence-electron chi connectivity index (χ4n) is 4.07. The van der Waals surface area contributed by atoms with E-state index in [1.807, 2.05) is 24.3 Å². The normalized spacial score (nSPS) is 20.9. The van der Waals surface area contributed by atoms with Gasteiger partial charge in [-0.05, 0) is 50.0 Å². The molecule has 7 nitrogen and oxygen atoms in total. The zero-order valence-corrected chi connectivity index (χ0v) is 16.2. The Morgan fingerprint density at radius 3 is 2.00 bits per heavy atom. The lowest BCUT2D eigenvalue weighted by atomic mass is 9.76. The van der Waals surface area contributed by atoms with Gasteiger partial charge in [-0.2, -0.15) is 0 Å². The van der Waals surface area contributed by atoms with Gasteiger partial charge in [-0.15, -0.1) is 0 Å². The second-order valence-electron chi connectivity index (χ2n) is 7.45. The van der Waals surface area contributed by atoms with E-state index in [4.69, 9.17) is 4.74 Å². The Hall–Kier alpha value is -2.41. The number of ether oxygens (including phenoxy) is 1. The molecule has 0 bridgehead atoms. The van der Waals surface area contributed by atoms with Crippen LogP contribution in [0.25, 0.3) is 0 Å². The Kier molecular flexibility index (Phi) is 5.51. The summed E-state index contributed by atoms with van der Waals surface area (Å²) in [6.45, 7) is 2.07. The van der Waals surface area contributed by atoms with Crippen LogP contribution in [0.1, 0.15) is 24.8 Å². The number of nitrogens with zero attached hydrogens (tertiary/aromatic N) is 3. The van der Waals surface area contributed by atoms with Crippen molar-refractivity contribution in [3.05, 3.63) is 29.8 Å². The number of urea groups is 1. The molecule has 27 heavy (non-hydrogen) atoms. The number of carbonyl (C=O) groups is 3. The predicted octanol–water partition coefficient (Wildman–Crippen LogP) is 1.76. The zero-order chi connectivity index (χ0) is 19.6. The average Bonchev–Trinajstić information content (AvgIpc) is 2.70. The van der Waals surface area contributed by atoms with Crippen LogP contribution >= 0.6 is 0 Å². The van der Waals surface area contributed by atoms with Gasteiger partial charge in [0.05, 0.1) is 7.11 Å². The number of amides is 4. The Morgan fingerprint density at radius 1 is 0.926 bits per heavy atom. The molecule has 1 aromatic carbocycles. The number of likely N-dealkylation sites (tertiary alicyclic amines) is 1. The maximum Gasteiger partial charge on any atom is 0.332 e. The lowest BCUT2D eigenvalue weighted by Gasteiger charge is -2.44. The summed E-state index contributed by atoms with van der Waals surface area (Å²) in [6.07, 6.45) is 3.55. The Labute approximate surface area is 159 Å². The molecule has 2 heterocycles. The first-order valence-corrected chi connectivity index (χ1v) is 9.34. The van der Waals surface area contributed by atoms with E-state index >= 15 is 0 Å². The van der Waals surface area contributed by atoms with Crippen molar-refractivity contribution in [2.45, 2.75) is 25.7 Å². The first-order chi connectivity index (χ1) is 12.9. The minimum absolute atomic E-state index is 0.257. The van der Waals surface area contributed by atoms with Gasteiger partial charge in [0.25, 0.3) is 0 Å². The van der Waals surface area contributed by atoms with Crippen LogP contribution in [0.2, 0.25) is 0 Å². The summed E-state index contributed by atoms with van der Waals surface area (Å²) in [5.41, 5.74) is -0.422. The van der Waals surface area contributed by atoms with Crippen LogP contribution in [0, 0.1) is 5.41 Å². The maximum absolute atomic E-state index is 13.2. The minimum Gasteiger partial charge on any atom is -0.497 e. The Morgan fingerprint density at radius 2 is 1.48 bits per heavy atom. The average molecular weight is 373 g/mol. The molecule has 0 spiro atoms. The molecule has 0 radical (unpaired) electrons. The standard InChI is InChI=1S/C20H27N3O4/c1-21-17(24)20(18(25)22(2)19(21)26,14-23-11-5-4-6-12-23)13-15-7-9-16(27-3)10-8-15/h7-10H,4-6,11-14H2,1-3H3. The van der Waals surface area contributed by atoms with E-state index in [0.29, 0.717) is 6.54 Å². The molecule has 0 atom stereocenters. The van der Waals surface area contributed by atoms with Crippen molar-refractivity contribution in [1.82, 2.24) is 14.7 Å². The number of imide groups is 2. The van der Waals surface area contributed by atoms with Gasteiger partial charge in [0.15, 0.2) is 0 Å². The van der Waals surface area contributed by atoms with E-state index in [-0.39, 0.29) is 6.42 Å². The van der Waals surface area contributed by atoms with Crippen molar-refractivity contribution in [3.8, 4) is 5.75 Å². The highest BCUT2D eigenvalue weighted by Gasteiger charge is 2.56. The Balaban J connectivity index is 1.97. The van der Waals surface area contributed by atoms with E-state index in [9.17, 15) is 14.4 Å². The van der Waals surface area contributed by atoms with Crippen molar-refractivity contribution in [3.63, 3.8) is 0 Å². The molecule has 2 saturated heterocycles. The number of carbonyl (C=O) groups excluding carboxylic acids is 3. The van der Waals surface area contributed by atoms with Gasteiger partial charge in [-0.25, -0.2) is 4.79 Å². The van der Waals surface area contributed by atoms with E-state index < -0.39 is 23.3 Å². The molecule has 0 aromatic heterocycles. The van der Waals surface area contributed by atoms with Gasteiger partial charge in [0, 0.05) is 20.6 Å². The number of benzene rings is 1. The van der Waals surface area contributed by atoms with E-state index in [0.717, 1.165) is 47.0 Å². The molecule has 2 aliphatic rings. The summed E-state index contributed by atoms with van der Waals surface area (Å²) >= 11 is 0.